The van der Waals surface area contributed by atoms with Crippen molar-refractivity contribution >= 4 is 46.5 Å². The number of aromatic nitrogens is 3. The van der Waals surface area contributed by atoms with E-state index in [1.54, 1.807) is 35.6 Å². The number of rotatable bonds is 6. The number of amides is 2. The molecule has 166 valence electrons. The fourth-order valence-electron chi connectivity index (χ4n) is 3.97. The number of thiophene rings is 1. The van der Waals surface area contributed by atoms with Crippen LogP contribution in [0.15, 0.2) is 46.9 Å². The maximum absolute atomic E-state index is 13.4. The number of nitrogens with zero attached hydrogens (tertiary/aromatic N) is 4. The Morgan fingerprint density at radius 3 is 2.66 bits per heavy atom. The topological polar surface area (TPSA) is 68.1 Å². The van der Waals surface area contributed by atoms with Gasteiger partial charge in [0.05, 0.1) is 5.25 Å². The number of imide groups is 1. The Hall–Kier alpha value is -2.16. The average molecular weight is 487 g/mol. The predicted octanol–water partition coefficient (Wildman–Crippen LogP) is 5.23. The maximum Gasteiger partial charge on any atom is 0.260 e. The van der Waals surface area contributed by atoms with E-state index in [0.717, 1.165) is 49.5 Å². The molecule has 1 atom stereocenters. The molecule has 5 rings (SSSR count). The van der Waals surface area contributed by atoms with Crippen LogP contribution in [0.2, 0.25) is 5.02 Å². The van der Waals surface area contributed by atoms with Gasteiger partial charge in [0, 0.05) is 34.5 Å². The van der Waals surface area contributed by atoms with Crippen LogP contribution >= 0.6 is 34.7 Å². The van der Waals surface area contributed by atoms with Gasteiger partial charge in [0.15, 0.2) is 5.16 Å². The van der Waals surface area contributed by atoms with Crippen molar-refractivity contribution in [2.75, 3.05) is 6.54 Å². The molecule has 2 fully saturated rings. The molecule has 0 unspecified atom stereocenters. The van der Waals surface area contributed by atoms with E-state index in [1.165, 1.54) is 21.5 Å². The van der Waals surface area contributed by atoms with Crippen molar-refractivity contribution in [3.63, 3.8) is 0 Å². The zero-order chi connectivity index (χ0) is 22.1. The standard InChI is InChI=1S/C23H23ClN4O2S2/c24-16-8-6-15(7-9-16)21(29)27-12-2-1-5-19(22(27)30)32-23-26-25-20(28(23)17-10-11-17)14-18-4-3-13-31-18/h3-4,6-9,13,17,19H,1-2,5,10-12,14H2/t19-/m0/s1. The van der Waals surface area contributed by atoms with E-state index < -0.39 is 0 Å². The minimum absolute atomic E-state index is 0.141. The molecule has 32 heavy (non-hydrogen) atoms. The van der Waals surface area contributed by atoms with Crippen LogP contribution in [0.1, 0.15) is 59.2 Å². The summed E-state index contributed by atoms with van der Waals surface area (Å²) in [5.74, 6) is 0.548. The van der Waals surface area contributed by atoms with Gasteiger partial charge in [-0.05, 0) is 61.4 Å². The Morgan fingerprint density at radius 2 is 1.94 bits per heavy atom. The number of carbonyl (C=O) groups is 2. The van der Waals surface area contributed by atoms with E-state index >= 15 is 0 Å². The van der Waals surface area contributed by atoms with Crippen LogP contribution in [-0.2, 0) is 11.2 Å². The molecule has 2 amide bonds. The molecule has 0 radical (unpaired) electrons. The van der Waals surface area contributed by atoms with Gasteiger partial charge >= 0.3 is 0 Å². The summed E-state index contributed by atoms with van der Waals surface area (Å²) < 4.78 is 2.22. The predicted molar refractivity (Wildman–Crippen MR) is 126 cm³/mol. The van der Waals surface area contributed by atoms with Crippen molar-refractivity contribution in [3.05, 3.63) is 63.1 Å². The van der Waals surface area contributed by atoms with Crippen LogP contribution in [0.4, 0.5) is 0 Å². The van der Waals surface area contributed by atoms with Gasteiger partial charge in [-0.15, -0.1) is 21.5 Å². The van der Waals surface area contributed by atoms with Crippen LogP contribution in [-0.4, -0.2) is 43.3 Å². The van der Waals surface area contributed by atoms with Crippen molar-refractivity contribution in [1.82, 2.24) is 19.7 Å². The van der Waals surface area contributed by atoms with Gasteiger partial charge in [0.2, 0.25) is 5.91 Å². The van der Waals surface area contributed by atoms with E-state index in [-0.39, 0.29) is 17.1 Å². The smallest absolute Gasteiger partial charge is 0.260 e. The second-order valence-electron chi connectivity index (χ2n) is 8.16. The van der Waals surface area contributed by atoms with Crippen molar-refractivity contribution < 1.29 is 9.59 Å². The number of likely N-dealkylation sites (tertiary alicyclic amines) is 1. The fraction of sp³-hybridized carbons (Fsp3) is 0.391. The third-order valence-electron chi connectivity index (χ3n) is 5.78. The SMILES string of the molecule is O=C(c1ccc(Cl)cc1)N1CCCC[C@H](Sc2nnc(Cc3cccs3)n2C2CC2)C1=O. The highest BCUT2D eigenvalue weighted by molar-refractivity contribution is 8.00. The summed E-state index contributed by atoms with van der Waals surface area (Å²) in [4.78, 5) is 29.1. The van der Waals surface area contributed by atoms with Gasteiger partial charge in [-0.3, -0.25) is 14.5 Å². The van der Waals surface area contributed by atoms with E-state index in [0.29, 0.717) is 23.2 Å². The Morgan fingerprint density at radius 1 is 1.12 bits per heavy atom. The third-order valence-corrected chi connectivity index (χ3v) is 8.12. The summed E-state index contributed by atoms with van der Waals surface area (Å²) in [6.45, 7) is 0.441. The lowest BCUT2D eigenvalue weighted by Crippen LogP contribution is -2.41. The lowest BCUT2D eigenvalue weighted by atomic mass is 10.2. The largest absolute Gasteiger partial charge is 0.303 e. The van der Waals surface area contributed by atoms with Crippen LogP contribution in [0.5, 0.6) is 0 Å². The third kappa shape index (κ3) is 4.63. The summed E-state index contributed by atoms with van der Waals surface area (Å²) in [5, 5.41) is 12.0. The second kappa shape index (κ2) is 9.37. The highest BCUT2D eigenvalue weighted by Gasteiger charge is 2.36. The molecule has 2 aromatic heterocycles. The van der Waals surface area contributed by atoms with Crippen molar-refractivity contribution in [1.29, 1.82) is 0 Å². The highest BCUT2D eigenvalue weighted by Crippen LogP contribution is 2.41. The highest BCUT2D eigenvalue weighted by atomic mass is 35.5. The van der Waals surface area contributed by atoms with Gasteiger partial charge in [-0.2, -0.15) is 0 Å². The monoisotopic (exact) mass is 486 g/mol. The number of thioether (sulfide) groups is 1. The zero-order valence-electron chi connectivity index (χ0n) is 17.4. The Bertz CT molecular complexity index is 1110. The molecular formula is C23H23ClN4O2S2. The quantitative estimate of drug-likeness (QED) is 0.446. The van der Waals surface area contributed by atoms with Crippen LogP contribution in [0, 0.1) is 0 Å². The number of carbonyl (C=O) groups excluding carboxylic acids is 2. The Kier molecular flexibility index (Phi) is 6.35. The molecule has 1 saturated heterocycles. The first kappa shape index (κ1) is 21.7. The number of benzene rings is 1. The molecule has 2 aliphatic rings. The molecule has 1 aliphatic carbocycles. The van der Waals surface area contributed by atoms with Crippen molar-refractivity contribution in [3.8, 4) is 0 Å². The Balaban J connectivity index is 1.36. The van der Waals surface area contributed by atoms with E-state index in [2.05, 4.69) is 26.2 Å². The molecule has 6 nitrogen and oxygen atoms in total. The molecule has 0 spiro atoms. The van der Waals surface area contributed by atoms with E-state index in [1.807, 2.05) is 6.07 Å². The normalized spacial score (nSPS) is 19.2. The molecule has 1 aromatic carbocycles. The van der Waals surface area contributed by atoms with Gasteiger partial charge in [-0.1, -0.05) is 35.9 Å². The Labute approximate surface area is 200 Å². The molecule has 9 heteroatoms. The molecule has 0 bridgehead atoms. The lowest BCUT2D eigenvalue weighted by molar-refractivity contribution is -0.127. The molecule has 0 N–H and O–H groups in total. The zero-order valence-corrected chi connectivity index (χ0v) is 19.8. The van der Waals surface area contributed by atoms with Gasteiger partial charge in [0.25, 0.3) is 5.91 Å². The van der Waals surface area contributed by atoms with Gasteiger partial charge in [-0.25, -0.2) is 0 Å². The number of halogens is 1. The maximum atomic E-state index is 13.4. The molecule has 1 aliphatic heterocycles. The van der Waals surface area contributed by atoms with Crippen LogP contribution in [0.3, 0.4) is 0 Å². The van der Waals surface area contributed by atoms with Gasteiger partial charge < -0.3 is 4.57 Å². The first-order valence-electron chi connectivity index (χ1n) is 10.8. The first-order chi connectivity index (χ1) is 15.6. The van der Waals surface area contributed by atoms with Gasteiger partial charge in [0.1, 0.15) is 5.82 Å². The molecule has 1 saturated carbocycles. The summed E-state index contributed by atoms with van der Waals surface area (Å²) in [7, 11) is 0. The second-order valence-corrected chi connectivity index (χ2v) is 10.8. The van der Waals surface area contributed by atoms with Crippen LogP contribution in [0.25, 0.3) is 0 Å². The minimum Gasteiger partial charge on any atom is -0.303 e. The minimum atomic E-state index is -0.343. The summed E-state index contributed by atoms with van der Waals surface area (Å²) in [6, 6.07) is 11.3. The summed E-state index contributed by atoms with van der Waals surface area (Å²) in [5.41, 5.74) is 0.479. The van der Waals surface area contributed by atoms with Crippen molar-refractivity contribution in [2.24, 2.45) is 0 Å². The fourth-order valence-corrected chi connectivity index (χ4v) is 6.02. The molecule has 3 heterocycles. The summed E-state index contributed by atoms with van der Waals surface area (Å²) >= 11 is 9.13. The molecule has 3 aromatic rings. The summed E-state index contributed by atoms with van der Waals surface area (Å²) in [6.07, 6.45) is 5.41. The van der Waals surface area contributed by atoms with E-state index in [4.69, 9.17) is 11.6 Å². The lowest BCUT2D eigenvalue weighted by Gasteiger charge is -2.22. The van der Waals surface area contributed by atoms with Crippen LogP contribution < -0.4 is 0 Å². The molecular weight excluding hydrogens is 464 g/mol. The first-order valence-corrected chi connectivity index (χ1v) is 13.0. The van der Waals surface area contributed by atoms with E-state index in [9.17, 15) is 9.59 Å². The number of hydrogen-bond acceptors (Lipinski definition) is 6. The van der Waals surface area contributed by atoms with Crippen molar-refractivity contribution in [2.45, 2.75) is 55.0 Å². The average Bonchev–Trinajstić information content (AvgIpc) is 3.41. The number of hydrogen-bond donors (Lipinski definition) is 0.